The molecule has 0 aliphatic carbocycles. The zero-order valence-electron chi connectivity index (χ0n) is 16.4. The van der Waals surface area contributed by atoms with Gasteiger partial charge in [0.25, 0.3) is 5.56 Å². The second kappa shape index (κ2) is 7.97. The van der Waals surface area contributed by atoms with Gasteiger partial charge in [0.05, 0.1) is 19.7 Å². The summed E-state index contributed by atoms with van der Waals surface area (Å²) >= 11 is 1.44. The molecular weight excluding hydrogens is 386 g/mol. The van der Waals surface area contributed by atoms with Crippen LogP contribution in [0, 0.1) is 0 Å². The Morgan fingerprint density at radius 3 is 2.52 bits per heavy atom. The van der Waals surface area contributed by atoms with E-state index in [0.717, 1.165) is 27.5 Å². The number of fused-ring (bicyclic) bond motifs is 1. The average molecular weight is 407 g/mol. The molecule has 0 fully saturated rings. The number of methoxy groups -OCH3 is 2. The average Bonchev–Trinajstić information content (AvgIpc) is 3.20. The summed E-state index contributed by atoms with van der Waals surface area (Å²) in [4.78, 5) is 18.5. The van der Waals surface area contributed by atoms with Gasteiger partial charge in [0.15, 0.2) is 0 Å². The van der Waals surface area contributed by atoms with Crippen LogP contribution in [0.4, 0.5) is 5.95 Å². The highest BCUT2D eigenvalue weighted by Crippen LogP contribution is 2.33. The van der Waals surface area contributed by atoms with E-state index < -0.39 is 0 Å². The highest BCUT2D eigenvalue weighted by atomic mass is 32.1. The summed E-state index contributed by atoms with van der Waals surface area (Å²) < 4.78 is 12.8. The SMILES string of the molecule is COc1cccc(CNc2nc3cc(-c4cccc(OC)c4)sc3c(=O)n2C)c1. The molecule has 0 unspecified atom stereocenters. The smallest absolute Gasteiger partial charge is 0.272 e. The molecule has 0 aliphatic heterocycles. The van der Waals surface area contributed by atoms with E-state index in [9.17, 15) is 4.79 Å². The number of ether oxygens (including phenoxy) is 2. The van der Waals surface area contributed by atoms with Crippen molar-refractivity contribution in [2.75, 3.05) is 19.5 Å². The van der Waals surface area contributed by atoms with Crippen LogP contribution in [-0.4, -0.2) is 23.8 Å². The fraction of sp³-hybridized carbons (Fsp3) is 0.182. The number of benzene rings is 2. The lowest BCUT2D eigenvalue weighted by Crippen LogP contribution is -2.21. The second-order valence-corrected chi connectivity index (χ2v) is 7.61. The first-order valence-electron chi connectivity index (χ1n) is 9.11. The summed E-state index contributed by atoms with van der Waals surface area (Å²) in [5.74, 6) is 2.10. The number of nitrogens with one attached hydrogen (secondary N) is 1. The van der Waals surface area contributed by atoms with Crippen molar-refractivity contribution in [3.05, 3.63) is 70.5 Å². The molecule has 6 nitrogen and oxygen atoms in total. The van der Waals surface area contributed by atoms with E-state index in [1.807, 2.05) is 54.6 Å². The van der Waals surface area contributed by atoms with Crippen molar-refractivity contribution in [2.45, 2.75) is 6.54 Å². The van der Waals surface area contributed by atoms with Gasteiger partial charge < -0.3 is 14.8 Å². The molecule has 2 aromatic heterocycles. The van der Waals surface area contributed by atoms with Crippen molar-refractivity contribution in [3.8, 4) is 21.9 Å². The molecule has 7 heteroatoms. The van der Waals surface area contributed by atoms with Gasteiger partial charge in [-0.05, 0) is 41.5 Å². The molecule has 0 amide bonds. The Balaban J connectivity index is 1.67. The molecule has 0 spiro atoms. The molecule has 148 valence electrons. The van der Waals surface area contributed by atoms with Crippen molar-refractivity contribution >= 4 is 27.5 Å². The zero-order valence-corrected chi connectivity index (χ0v) is 17.2. The van der Waals surface area contributed by atoms with Gasteiger partial charge in [-0.1, -0.05) is 24.3 Å². The first-order chi connectivity index (χ1) is 14.1. The van der Waals surface area contributed by atoms with Gasteiger partial charge in [0, 0.05) is 18.5 Å². The number of aromatic nitrogens is 2. The highest BCUT2D eigenvalue weighted by Gasteiger charge is 2.13. The van der Waals surface area contributed by atoms with Crippen molar-refractivity contribution in [1.29, 1.82) is 0 Å². The Hall–Kier alpha value is -3.32. The first kappa shape index (κ1) is 19.0. The summed E-state index contributed by atoms with van der Waals surface area (Å²) in [6.07, 6.45) is 0. The van der Waals surface area contributed by atoms with E-state index in [-0.39, 0.29) is 5.56 Å². The van der Waals surface area contributed by atoms with E-state index in [1.165, 1.54) is 11.3 Å². The quantitative estimate of drug-likeness (QED) is 0.516. The molecule has 1 N–H and O–H groups in total. The largest absolute Gasteiger partial charge is 0.497 e. The zero-order chi connectivity index (χ0) is 20.4. The lowest BCUT2D eigenvalue weighted by atomic mass is 10.2. The number of hydrogen-bond donors (Lipinski definition) is 1. The van der Waals surface area contributed by atoms with Gasteiger partial charge in [0.1, 0.15) is 16.2 Å². The minimum Gasteiger partial charge on any atom is -0.497 e. The molecule has 4 rings (SSSR count). The van der Waals surface area contributed by atoms with Crippen LogP contribution in [0.2, 0.25) is 0 Å². The van der Waals surface area contributed by atoms with E-state index in [4.69, 9.17) is 9.47 Å². The predicted molar refractivity (Wildman–Crippen MR) is 117 cm³/mol. The van der Waals surface area contributed by atoms with Crippen molar-refractivity contribution in [2.24, 2.45) is 7.05 Å². The van der Waals surface area contributed by atoms with Crippen LogP contribution in [0.1, 0.15) is 5.56 Å². The van der Waals surface area contributed by atoms with E-state index in [2.05, 4.69) is 10.3 Å². The summed E-state index contributed by atoms with van der Waals surface area (Å²) in [6, 6.07) is 17.5. The number of anilines is 1. The summed E-state index contributed by atoms with van der Waals surface area (Å²) in [7, 11) is 5.01. The Morgan fingerprint density at radius 1 is 1.03 bits per heavy atom. The topological polar surface area (TPSA) is 65.4 Å². The fourth-order valence-electron chi connectivity index (χ4n) is 3.10. The van der Waals surface area contributed by atoms with E-state index in [1.54, 1.807) is 25.8 Å². The van der Waals surface area contributed by atoms with Crippen LogP contribution in [-0.2, 0) is 13.6 Å². The minimum atomic E-state index is -0.0673. The summed E-state index contributed by atoms with van der Waals surface area (Å²) in [5.41, 5.74) is 2.66. The highest BCUT2D eigenvalue weighted by molar-refractivity contribution is 7.22. The van der Waals surface area contributed by atoms with Gasteiger partial charge in [0.2, 0.25) is 5.95 Å². The molecule has 29 heavy (non-hydrogen) atoms. The van der Waals surface area contributed by atoms with Gasteiger partial charge in [-0.3, -0.25) is 9.36 Å². The monoisotopic (exact) mass is 407 g/mol. The third-order valence-corrected chi connectivity index (χ3v) is 5.86. The Kier molecular flexibility index (Phi) is 5.22. The predicted octanol–water partition coefficient (Wildman–Crippen LogP) is 4.29. The van der Waals surface area contributed by atoms with E-state index >= 15 is 0 Å². The molecule has 0 radical (unpaired) electrons. The van der Waals surface area contributed by atoms with Crippen LogP contribution in [0.3, 0.4) is 0 Å². The maximum absolute atomic E-state index is 12.9. The first-order valence-corrected chi connectivity index (χ1v) is 9.92. The van der Waals surface area contributed by atoms with Crippen LogP contribution < -0.4 is 20.3 Å². The van der Waals surface area contributed by atoms with Crippen LogP contribution >= 0.6 is 11.3 Å². The maximum atomic E-state index is 12.9. The Labute approximate surface area is 172 Å². The van der Waals surface area contributed by atoms with Crippen LogP contribution in [0.15, 0.2) is 59.4 Å². The van der Waals surface area contributed by atoms with E-state index in [0.29, 0.717) is 22.7 Å². The Bertz CT molecular complexity index is 1230. The minimum absolute atomic E-state index is 0.0673. The number of thiophene rings is 1. The van der Waals surface area contributed by atoms with Gasteiger partial charge >= 0.3 is 0 Å². The lowest BCUT2D eigenvalue weighted by molar-refractivity contribution is 0.414. The molecule has 2 heterocycles. The summed E-state index contributed by atoms with van der Waals surface area (Å²) in [6.45, 7) is 0.538. The molecule has 0 bridgehead atoms. The van der Waals surface area contributed by atoms with Crippen molar-refractivity contribution < 1.29 is 9.47 Å². The van der Waals surface area contributed by atoms with Gasteiger partial charge in [-0.15, -0.1) is 11.3 Å². The van der Waals surface area contributed by atoms with Crippen LogP contribution in [0.25, 0.3) is 20.7 Å². The molecule has 0 atom stereocenters. The number of hydrogen-bond acceptors (Lipinski definition) is 6. The van der Waals surface area contributed by atoms with Crippen molar-refractivity contribution in [1.82, 2.24) is 9.55 Å². The number of rotatable bonds is 6. The second-order valence-electron chi connectivity index (χ2n) is 6.56. The standard InChI is InChI=1S/C22H21N3O3S/c1-25-21(26)20-18(12-19(29-20)15-7-5-9-17(11-15)28-3)24-22(25)23-13-14-6-4-8-16(10-14)27-2/h4-12H,13H2,1-3H3,(H,23,24). The fourth-order valence-corrected chi connectivity index (χ4v) is 4.16. The third kappa shape index (κ3) is 3.82. The van der Waals surface area contributed by atoms with Gasteiger partial charge in [-0.25, -0.2) is 4.98 Å². The normalized spacial score (nSPS) is 10.9. The molecule has 0 aliphatic rings. The summed E-state index contributed by atoms with van der Waals surface area (Å²) in [5, 5.41) is 3.26. The molecule has 0 saturated heterocycles. The number of nitrogens with zero attached hydrogens (tertiary/aromatic N) is 2. The molecular formula is C22H21N3O3S. The Morgan fingerprint density at radius 2 is 1.76 bits per heavy atom. The molecule has 2 aromatic carbocycles. The lowest BCUT2D eigenvalue weighted by Gasteiger charge is -2.10. The van der Waals surface area contributed by atoms with Crippen LogP contribution in [0.5, 0.6) is 11.5 Å². The maximum Gasteiger partial charge on any atom is 0.272 e. The van der Waals surface area contributed by atoms with Gasteiger partial charge in [-0.2, -0.15) is 0 Å². The molecule has 4 aromatic rings. The third-order valence-electron chi connectivity index (χ3n) is 4.69. The van der Waals surface area contributed by atoms with Crippen molar-refractivity contribution in [3.63, 3.8) is 0 Å². The molecule has 0 saturated carbocycles.